The molecule has 0 spiro atoms. The van der Waals surface area contributed by atoms with Crippen molar-refractivity contribution < 1.29 is 19.0 Å². The molecule has 2 aliphatic rings. The maximum absolute atomic E-state index is 12.3. The van der Waals surface area contributed by atoms with Gasteiger partial charge in [0.15, 0.2) is 17.3 Å². The number of hydrogen-bond donors (Lipinski definition) is 0. The van der Waals surface area contributed by atoms with Gasteiger partial charge in [0.1, 0.15) is 0 Å². The van der Waals surface area contributed by atoms with Gasteiger partial charge < -0.3 is 14.2 Å². The first-order valence-corrected chi connectivity index (χ1v) is 7.87. The second-order valence-corrected chi connectivity index (χ2v) is 5.66. The minimum Gasteiger partial charge on any atom is -0.490 e. The van der Waals surface area contributed by atoms with Crippen molar-refractivity contribution in [2.75, 3.05) is 19.8 Å². The molecule has 1 aromatic carbocycles. The van der Waals surface area contributed by atoms with Crippen LogP contribution in [-0.2, 0) is 4.74 Å². The summed E-state index contributed by atoms with van der Waals surface area (Å²) < 4.78 is 16.9. The molecule has 4 nitrogen and oxygen atoms in total. The molecule has 1 aromatic rings. The number of rotatable bonds is 4. The molecular formula is C17H22O4. The fraction of sp³-hybridized carbons (Fsp3) is 0.588. The van der Waals surface area contributed by atoms with Gasteiger partial charge in [0.05, 0.1) is 19.3 Å². The summed E-state index contributed by atoms with van der Waals surface area (Å²) in [7, 11) is 0. The monoisotopic (exact) mass is 290 g/mol. The van der Waals surface area contributed by atoms with Crippen LogP contribution in [0.15, 0.2) is 18.2 Å². The van der Waals surface area contributed by atoms with Crippen LogP contribution >= 0.6 is 0 Å². The van der Waals surface area contributed by atoms with Gasteiger partial charge in [-0.2, -0.15) is 0 Å². The lowest BCUT2D eigenvalue weighted by molar-refractivity contribution is 0.0104. The summed E-state index contributed by atoms with van der Waals surface area (Å²) in [5, 5.41) is 0. The van der Waals surface area contributed by atoms with E-state index >= 15 is 0 Å². The van der Waals surface area contributed by atoms with Crippen LogP contribution in [0.25, 0.3) is 0 Å². The molecule has 3 rings (SSSR count). The Labute approximate surface area is 125 Å². The summed E-state index contributed by atoms with van der Waals surface area (Å²) in [4.78, 5) is 12.3. The Morgan fingerprint density at radius 3 is 2.71 bits per heavy atom. The maximum Gasteiger partial charge on any atom is 0.163 e. The van der Waals surface area contributed by atoms with E-state index in [2.05, 4.69) is 0 Å². The summed E-state index contributed by atoms with van der Waals surface area (Å²) >= 11 is 0. The zero-order valence-corrected chi connectivity index (χ0v) is 12.3. The molecule has 21 heavy (non-hydrogen) atoms. The highest BCUT2D eigenvalue weighted by Crippen LogP contribution is 2.31. The predicted octanol–water partition coefficient (Wildman–Crippen LogP) is 3.38. The lowest BCUT2D eigenvalue weighted by Crippen LogP contribution is -2.20. The highest BCUT2D eigenvalue weighted by Gasteiger charge is 2.18. The summed E-state index contributed by atoms with van der Waals surface area (Å²) in [6.45, 7) is 2.14. The van der Waals surface area contributed by atoms with E-state index in [-0.39, 0.29) is 11.9 Å². The zero-order chi connectivity index (χ0) is 14.5. The lowest BCUT2D eigenvalue weighted by atomic mass is 10.00. The van der Waals surface area contributed by atoms with Gasteiger partial charge in [0.25, 0.3) is 0 Å². The van der Waals surface area contributed by atoms with Crippen molar-refractivity contribution in [2.24, 2.45) is 0 Å². The Balaban J connectivity index is 1.60. The number of fused-ring (bicyclic) bond motifs is 1. The van der Waals surface area contributed by atoms with E-state index in [1.807, 2.05) is 18.2 Å². The Bertz CT molecular complexity index is 492. The molecule has 114 valence electrons. The molecule has 1 saturated heterocycles. The number of carbonyl (C=O) groups excluding carboxylic acids is 1. The summed E-state index contributed by atoms with van der Waals surface area (Å²) in [6.07, 6.45) is 5.90. The average Bonchev–Trinajstić information content (AvgIpc) is 2.78. The van der Waals surface area contributed by atoms with Crippen molar-refractivity contribution in [1.82, 2.24) is 0 Å². The Morgan fingerprint density at radius 2 is 1.90 bits per heavy atom. The molecule has 0 amide bonds. The molecule has 2 aliphatic heterocycles. The van der Waals surface area contributed by atoms with Crippen molar-refractivity contribution in [3.05, 3.63) is 23.8 Å². The molecule has 1 atom stereocenters. The normalized spacial score (nSPS) is 21.6. The topological polar surface area (TPSA) is 44.8 Å². The van der Waals surface area contributed by atoms with Crippen LogP contribution in [0.3, 0.4) is 0 Å². The van der Waals surface area contributed by atoms with E-state index in [1.54, 1.807) is 0 Å². The van der Waals surface area contributed by atoms with Crippen LogP contribution in [0.1, 0.15) is 48.9 Å². The number of benzene rings is 1. The van der Waals surface area contributed by atoms with Crippen LogP contribution in [-0.4, -0.2) is 31.7 Å². The van der Waals surface area contributed by atoms with Crippen molar-refractivity contribution >= 4 is 5.78 Å². The minimum absolute atomic E-state index is 0.153. The average molecular weight is 290 g/mol. The smallest absolute Gasteiger partial charge is 0.163 e. The first-order valence-electron chi connectivity index (χ1n) is 7.87. The highest BCUT2D eigenvalue weighted by atomic mass is 16.5. The summed E-state index contributed by atoms with van der Waals surface area (Å²) in [5.74, 6) is 1.58. The second-order valence-electron chi connectivity index (χ2n) is 5.66. The van der Waals surface area contributed by atoms with Gasteiger partial charge in [-0.05, 0) is 43.9 Å². The largest absolute Gasteiger partial charge is 0.490 e. The molecule has 0 aromatic heterocycles. The molecule has 2 heterocycles. The third kappa shape index (κ3) is 3.76. The lowest BCUT2D eigenvalue weighted by Gasteiger charge is -2.22. The molecule has 0 N–H and O–H groups in total. The van der Waals surface area contributed by atoms with E-state index in [9.17, 15) is 4.79 Å². The number of hydrogen-bond acceptors (Lipinski definition) is 4. The van der Waals surface area contributed by atoms with E-state index in [0.29, 0.717) is 30.9 Å². The minimum atomic E-state index is 0.153. The third-order valence-corrected chi connectivity index (χ3v) is 4.04. The van der Waals surface area contributed by atoms with Gasteiger partial charge in [-0.1, -0.05) is 0 Å². The predicted molar refractivity (Wildman–Crippen MR) is 79.2 cm³/mol. The van der Waals surface area contributed by atoms with Crippen LogP contribution in [0.2, 0.25) is 0 Å². The summed E-state index contributed by atoms with van der Waals surface area (Å²) in [6, 6.07) is 5.48. The van der Waals surface area contributed by atoms with Gasteiger partial charge in [0, 0.05) is 25.0 Å². The van der Waals surface area contributed by atoms with Crippen LogP contribution in [0, 0.1) is 0 Å². The number of Topliss-reactive ketones (excluding diaryl/α,β-unsaturated/α-hetero) is 1. The molecule has 4 heteroatoms. The number of carbonyl (C=O) groups is 1. The second kappa shape index (κ2) is 6.94. The Morgan fingerprint density at radius 1 is 1.05 bits per heavy atom. The van der Waals surface area contributed by atoms with Crippen LogP contribution in [0.4, 0.5) is 0 Å². The Hall–Kier alpha value is -1.55. The Kier molecular flexibility index (Phi) is 4.76. The fourth-order valence-electron chi connectivity index (χ4n) is 2.81. The van der Waals surface area contributed by atoms with Crippen LogP contribution < -0.4 is 9.47 Å². The standard InChI is InChI=1S/C17H22O4/c18-15(7-6-14-4-1-2-9-19-14)13-5-8-16-17(12-13)21-11-3-10-20-16/h5,8,12,14H,1-4,6-7,9-11H2. The van der Waals surface area contributed by atoms with Gasteiger partial charge in [0.2, 0.25) is 0 Å². The van der Waals surface area contributed by atoms with Crippen molar-refractivity contribution in [1.29, 1.82) is 0 Å². The zero-order valence-electron chi connectivity index (χ0n) is 12.3. The first-order chi connectivity index (χ1) is 10.3. The van der Waals surface area contributed by atoms with Gasteiger partial charge in [-0.3, -0.25) is 4.79 Å². The van der Waals surface area contributed by atoms with E-state index in [0.717, 1.165) is 38.0 Å². The molecule has 0 radical (unpaired) electrons. The molecule has 0 bridgehead atoms. The molecular weight excluding hydrogens is 268 g/mol. The molecule has 1 unspecified atom stereocenters. The van der Waals surface area contributed by atoms with Crippen molar-refractivity contribution in [3.8, 4) is 11.5 Å². The SMILES string of the molecule is O=C(CCC1CCCCO1)c1ccc2c(c1)OCCCO2. The van der Waals surface area contributed by atoms with Gasteiger partial charge >= 0.3 is 0 Å². The highest BCUT2D eigenvalue weighted by molar-refractivity contribution is 5.96. The van der Waals surface area contributed by atoms with E-state index in [4.69, 9.17) is 14.2 Å². The van der Waals surface area contributed by atoms with E-state index in [1.165, 1.54) is 6.42 Å². The molecule has 0 saturated carbocycles. The van der Waals surface area contributed by atoms with Crippen molar-refractivity contribution in [2.45, 2.75) is 44.6 Å². The van der Waals surface area contributed by atoms with Crippen molar-refractivity contribution in [3.63, 3.8) is 0 Å². The van der Waals surface area contributed by atoms with Gasteiger partial charge in [-0.25, -0.2) is 0 Å². The molecule has 0 aliphatic carbocycles. The fourth-order valence-corrected chi connectivity index (χ4v) is 2.81. The van der Waals surface area contributed by atoms with E-state index < -0.39 is 0 Å². The summed E-state index contributed by atoms with van der Waals surface area (Å²) in [5.41, 5.74) is 0.704. The third-order valence-electron chi connectivity index (χ3n) is 4.04. The molecule has 1 fully saturated rings. The number of ketones is 1. The van der Waals surface area contributed by atoms with Crippen LogP contribution in [0.5, 0.6) is 11.5 Å². The number of ether oxygens (including phenoxy) is 3. The van der Waals surface area contributed by atoms with Gasteiger partial charge in [-0.15, -0.1) is 0 Å². The quantitative estimate of drug-likeness (QED) is 0.797. The maximum atomic E-state index is 12.3. The first kappa shape index (κ1) is 14.4.